The van der Waals surface area contributed by atoms with Crippen LogP contribution >= 0.6 is 27.5 Å². The van der Waals surface area contributed by atoms with Crippen LogP contribution in [0, 0.1) is 0 Å². The molecule has 1 aromatic heterocycles. The van der Waals surface area contributed by atoms with Crippen molar-refractivity contribution in [3.63, 3.8) is 0 Å². The van der Waals surface area contributed by atoms with Gasteiger partial charge in [0.1, 0.15) is 21.5 Å². The van der Waals surface area contributed by atoms with E-state index in [4.69, 9.17) is 16.3 Å². The maximum absolute atomic E-state index is 12.6. The summed E-state index contributed by atoms with van der Waals surface area (Å²) in [5.41, 5.74) is -1.74. The first-order chi connectivity index (χ1) is 11.7. The number of aromatic nitrogens is 1. The van der Waals surface area contributed by atoms with Crippen molar-refractivity contribution in [3.05, 3.63) is 27.5 Å². The van der Waals surface area contributed by atoms with Crippen LogP contribution < -0.4 is 5.32 Å². The molecule has 0 aliphatic carbocycles. The van der Waals surface area contributed by atoms with Gasteiger partial charge in [-0.05, 0) is 55.8 Å². The Bertz CT molecular complexity index is 869. The van der Waals surface area contributed by atoms with E-state index in [1.54, 1.807) is 39.8 Å². The minimum Gasteiger partial charge on any atom is -0.444 e. The number of rotatable bonds is 1. The summed E-state index contributed by atoms with van der Waals surface area (Å²) in [5.74, 6) is -0.509. The van der Waals surface area contributed by atoms with Crippen molar-refractivity contribution >= 4 is 49.6 Å². The first-order valence-electron chi connectivity index (χ1n) is 7.62. The van der Waals surface area contributed by atoms with E-state index in [9.17, 15) is 13.2 Å². The number of alkyl carbamates (subject to hydrolysis) is 1. The molecule has 0 radical (unpaired) electrons. The van der Waals surface area contributed by atoms with Crippen molar-refractivity contribution in [1.82, 2.24) is 14.6 Å². The first kappa shape index (κ1) is 20.9. The zero-order valence-corrected chi connectivity index (χ0v) is 18.2. The third-order valence-corrected chi connectivity index (χ3v) is 6.15. The van der Waals surface area contributed by atoms with Crippen LogP contribution in [-0.2, 0) is 20.3 Å². The third kappa shape index (κ3) is 4.66. The van der Waals surface area contributed by atoms with Crippen LogP contribution in [0.4, 0.5) is 4.79 Å². The van der Waals surface area contributed by atoms with Gasteiger partial charge in [-0.15, -0.1) is 0 Å². The van der Waals surface area contributed by atoms with Gasteiger partial charge < -0.3 is 4.74 Å². The van der Waals surface area contributed by atoms with E-state index >= 15 is 0 Å². The van der Waals surface area contributed by atoms with Gasteiger partial charge in [-0.3, -0.25) is 5.32 Å². The van der Waals surface area contributed by atoms with E-state index in [2.05, 4.69) is 31.2 Å². The highest BCUT2D eigenvalue weighted by Gasteiger charge is 2.43. The number of hydrogen-bond donors (Lipinski definition) is 1. The van der Waals surface area contributed by atoms with Gasteiger partial charge in [-0.1, -0.05) is 11.6 Å². The number of amides is 1. The number of sulfonamides is 1. The molecule has 1 amide bonds. The summed E-state index contributed by atoms with van der Waals surface area (Å²) in [5, 5.41) is 2.67. The number of aliphatic imine (C=N–C) groups is 1. The topological polar surface area (TPSA) is 101 Å². The molecule has 1 atom stereocenters. The lowest BCUT2D eigenvalue weighted by Crippen LogP contribution is -2.54. The smallest absolute Gasteiger partial charge is 0.414 e. The van der Waals surface area contributed by atoms with Crippen molar-refractivity contribution < 1.29 is 17.9 Å². The van der Waals surface area contributed by atoms with Crippen LogP contribution in [0.2, 0.25) is 5.02 Å². The Kier molecular flexibility index (Phi) is 5.61. The number of hydrogen-bond acceptors (Lipinski definition) is 6. The number of carbonyl (C=O) groups excluding carboxylic acids is 1. The summed E-state index contributed by atoms with van der Waals surface area (Å²) >= 11 is 9.46. The fourth-order valence-corrected chi connectivity index (χ4v) is 4.41. The molecule has 0 unspecified atom stereocenters. The molecular formula is C15H20BrClN4O4S. The normalized spacial score (nSPS) is 22.6. The van der Waals surface area contributed by atoms with Gasteiger partial charge >= 0.3 is 6.09 Å². The Morgan fingerprint density at radius 1 is 1.42 bits per heavy atom. The van der Waals surface area contributed by atoms with Crippen LogP contribution in [0.5, 0.6) is 0 Å². The van der Waals surface area contributed by atoms with Crippen LogP contribution in [0.1, 0.15) is 33.4 Å². The van der Waals surface area contributed by atoms with Gasteiger partial charge in [0.15, 0.2) is 0 Å². The second-order valence-corrected chi connectivity index (χ2v) is 10.2. The average Bonchev–Trinajstić information content (AvgIpc) is 2.44. The number of ether oxygens (including phenoxy) is 1. The fraction of sp³-hybridized carbons (Fsp3) is 0.533. The van der Waals surface area contributed by atoms with Crippen molar-refractivity contribution in [2.24, 2.45) is 4.99 Å². The number of nitrogens with zero attached hydrogens (tertiary/aromatic N) is 3. The van der Waals surface area contributed by atoms with E-state index < -0.39 is 27.3 Å². The quantitative estimate of drug-likeness (QED) is 0.640. The van der Waals surface area contributed by atoms with Gasteiger partial charge in [0, 0.05) is 7.05 Å². The zero-order valence-electron chi connectivity index (χ0n) is 15.0. The predicted molar refractivity (Wildman–Crippen MR) is 103 cm³/mol. The lowest BCUT2D eigenvalue weighted by molar-refractivity contribution is 0.0559. The lowest BCUT2D eigenvalue weighted by Gasteiger charge is -2.35. The summed E-state index contributed by atoms with van der Waals surface area (Å²) in [4.78, 5) is 20.8. The molecule has 26 heavy (non-hydrogen) atoms. The molecule has 0 spiro atoms. The third-order valence-electron chi connectivity index (χ3n) is 3.47. The SMILES string of the molecule is CN1C(NC(=O)OC(C)(C)C)=N[C@](C)(c2nc(Br)ccc2Cl)CS1(=O)=O. The van der Waals surface area contributed by atoms with Gasteiger partial charge in [-0.2, -0.15) is 0 Å². The molecule has 2 heterocycles. The summed E-state index contributed by atoms with van der Waals surface area (Å²) in [6, 6.07) is 3.24. The molecule has 0 saturated carbocycles. The van der Waals surface area contributed by atoms with E-state index in [0.717, 1.165) is 4.31 Å². The van der Waals surface area contributed by atoms with E-state index in [0.29, 0.717) is 4.60 Å². The van der Waals surface area contributed by atoms with E-state index in [1.807, 2.05) is 0 Å². The van der Waals surface area contributed by atoms with Crippen molar-refractivity contribution in [3.8, 4) is 0 Å². The monoisotopic (exact) mass is 466 g/mol. The maximum Gasteiger partial charge on any atom is 0.414 e. The first-order valence-corrected chi connectivity index (χ1v) is 10.4. The van der Waals surface area contributed by atoms with Crippen molar-refractivity contribution in [2.75, 3.05) is 12.8 Å². The average molecular weight is 468 g/mol. The molecular weight excluding hydrogens is 448 g/mol. The van der Waals surface area contributed by atoms with Crippen LogP contribution in [-0.4, -0.2) is 48.2 Å². The largest absolute Gasteiger partial charge is 0.444 e. The minimum atomic E-state index is -3.77. The molecule has 1 aliphatic heterocycles. The highest BCUT2D eigenvalue weighted by atomic mass is 79.9. The Labute approximate surface area is 166 Å². The Balaban J connectivity index is 2.49. The fourth-order valence-electron chi connectivity index (χ4n) is 2.34. The van der Waals surface area contributed by atoms with Gasteiger partial charge in [-0.25, -0.2) is 27.5 Å². The summed E-state index contributed by atoms with van der Waals surface area (Å²) in [7, 11) is -2.46. The summed E-state index contributed by atoms with van der Waals surface area (Å²) in [6.45, 7) is 6.69. The van der Waals surface area contributed by atoms with Crippen molar-refractivity contribution in [2.45, 2.75) is 38.8 Å². The molecule has 8 nitrogen and oxygen atoms in total. The summed E-state index contributed by atoms with van der Waals surface area (Å²) < 4.78 is 31.8. The van der Waals surface area contributed by atoms with Crippen LogP contribution in [0.25, 0.3) is 0 Å². The molecule has 1 aliphatic rings. The molecule has 0 aromatic carbocycles. The predicted octanol–water partition coefficient (Wildman–Crippen LogP) is 2.87. The maximum atomic E-state index is 12.6. The lowest BCUT2D eigenvalue weighted by atomic mass is 10.0. The summed E-state index contributed by atoms with van der Waals surface area (Å²) in [6.07, 6.45) is -0.809. The Morgan fingerprint density at radius 2 is 2.04 bits per heavy atom. The molecule has 0 bridgehead atoms. The van der Waals surface area contributed by atoms with E-state index in [1.165, 1.54) is 7.05 Å². The molecule has 1 N–H and O–H groups in total. The Morgan fingerprint density at radius 3 is 2.62 bits per heavy atom. The number of halogens is 2. The minimum absolute atomic E-state index is 0.161. The molecule has 2 rings (SSSR count). The highest BCUT2D eigenvalue weighted by Crippen LogP contribution is 2.35. The zero-order chi connectivity index (χ0) is 19.9. The van der Waals surface area contributed by atoms with Gasteiger partial charge in [0.25, 0.3) is 0 Å². The number of carbonyl (C=O) groups is 1. The molecule has 0 fully saturated rings. The molecule has 144 valence electrons. The van der Waals surface area contributed by atoms with Gasteiger partial charge in [0.05, 0.1) is 10.7 Å². The van der Waals surface area contributed by atoms with Crippen LogP contribution in [0.15, 0.2) is 21.7 Å². The van der Waals surface area contributed by atoms with Gasteiger partial charge in [0.2, 0.25) is 16.0 Å². The van der Waals surface area contributed by atoms with Crippen LogP contribution in [0.3, 0.4) is 0 Å². The standard InChI is InChI=1S/C15H20BrClN4O4S/c1-14(2,3)25-13(22)19-12-20-15(4,8-26(23,24)21(12)5)11-9(17)6-7-10(16)18-11/h6-7H,8H2,1-5H3,(H,19,20,22)/t15-/m0/s1. The molecule has 11 heteroatoms. The number of pyridine rings is 1. The second-order valence-electron chi connectivity index (χ2n) is 7.02. The number of guanidine groups is 1. The molecule has 1 aromatic rings. The highest BCUT2D eigenvalue weighted by molar-refractivity contribution is 9.10. The Hall–Kier alpha value is -1.39. The number of nitrogens with one attached hydrogen (secondary N) is 1. The van der Waals surface area contributed by atoms with Crippen molar-refractivity contribution in [1.29, 1.82) is 0 Å². The second kappa shape index (κ2) is 6.97. The van der Waals surface area contributed by atoms with E-state index in [-0.39, 0.29) is 22.4 Å². The molecule has 0 saturated heterocycles.